The Morgan fingerprint density at radius 3 is 2.55 bits per heavy atom. The largest absolute Gasteiger partial charge is 0.636 e. The van der Waals surface area contributed by atoms with Crippen molar-refractivity contribution in [3.63, 3.8) is 0 Å². The maximum absolute atomic E-state index is 10.7. The highest BCUT2D eigenvalue weighted by Gasteiger charge is 2.32. The summed E-state index contributed by atoms with van der Waals surface area (Å²) in [6.07, 6.45) is 0.737. The van der Waals surface area contributed by atoms with Crippen LogP contribution in [0.4, 0.5) is 4.79 Å². The summed E-state index contributed by atoms with van der Waals surface area (Å²) in [5.41, 5.74) is -0.768. The number of carbonyl (C=O) groups excluding carboxylic acids is 1. The van der Waals surface area contributed by atoms with Crippen LogP contribution in [0.2, 0.25) is 0 Å². The van der Waals surface area contributed by atoms with Crippen molar-refractivity contribution in [1.82, 2.24) is 0 Å². The first-order valence-corrected chi connectivity index (χ1v) is 4.67. The van der Waals surface area contributed by atoms with Crippen LogP contribution in [0.1, 0.15) is 20.3 Å². The molecule has 0 amide bonds. The highest BCUT2D eigenvalue weighted by atomic mass is 31.1. The predicted octanol–water partition coefficient (Wildman–Crippen LogP) is 2.31. The minimum Gasteiger partial charge on any atom is -0.426 e. The molecule has 0 aliphatic carbocycles. The average Bonchev–Trinajstić information content (AvgIpc) is 2.00. The van der Waals surface area contributed by atoms with Gasteiger partial charge in [0.1, 0.15) is 6.61 Å². The molecule has 0 aromatic carbocycles. The highest BCUT2D eigenvalue weighted by Crippen LogP contribution is 2.24. The van der Waals surface area contributed by atoms with Crippen LogP contribution in [-0.4, -0.2) is 18.9 Å². The second kappa shape index (κ2) is 6.25. The monoisotopic (exact) mass is 179 g/mol. The summed E-state index contributed by atoms with van der Waals surface area (Å²) in [5.74, 6) is 0. The first kappa shape index (κ1) is 10.5. The number of ether oxygens (including phenoxy) is 1. The third kappa shape index (κ3) is 4.87. The van der Waals surface area contributed by atoms with Gasteiger partial charge in [0.25, 0.3) is 0 Å². The Labute approximate surface area is 66.7 Å². The molecule has 0 bridgehead atoms. The van der Waals surface area contributed by atoms with E-state index in [0.717, 1.165) is 6.42 Å². The molecule has 1 atom stereocenters. The van der Waals surface area contributed by atoms with E-state index in [2.05, 4.69) is 9.26 Å². The van der Waals surface area contributed by atoms with Crippen molar-refractivity contribution in [3.8, 4) is 0 Å². The minimum atomic E-state index is -2.26. The number of hydrogen-bond acceptors (Lipinski definition) is 4. The molecule has 0 aromatic heterocycles. The summed E-state index contributed by atoms with van der Waals surface area (Å²) < 4.78 is 19.8. The molecule has 0 N–H and O–H groups in total. The molecule has 0 rings (SSSR count). The lowest BCUT2D eigenvalue weighted by Gasteiger charge is -1.88. The lowest BCUT2D eigenvalue weighted by atomic mass is 10.5. The zero-order valence-electron chi connectivity index (χ0n) is 6.70. The van der Waals surface area contributed by atoms with E-state index in [1.165, 1.54) is 0 Å². The third-order valence-corrected chi connectivity index (χ3v) is 1.67. The second-order valence-electron chi connectivity index (χ2n) is 1.79. The van der Waals surface area contributed by atoms with Crippen LogP contribution < -0.4 is 0 Å². The highest BCUT2D eigenvalue weighted by molar-refractivity contribution is 7.58. The second-order valence-corrected chi connectivity index (χ2v) is 2.93. The van der Waals surface area contributed by atoms with E-state index in [4.69, 9.17) is 0 Å². The van der Waals surface area contributed by atoms with Gasteiger partial charge in [-0.15, -0.1) is 4.52 Å². The maximum Gasteiger partial charge on any atom is 0.636 e. The van der Waals surface area contributed by atoms with Crippen molar-refractivity contribution in [2.24, 2.45) is 0 Å². The Morgan fingerprint density at radius 2 is 2.09 bits per heavy atom. The van der Waals surface area contributed by atoms with E-state index >= 15 is 0 Å². The molecule has 1 unspecified atom stereocenters. The van der Waals surface area contributed by atoms with Gasteiger partial charge in [0.15, 0.2) is 0 Å². The van der Waals surface area contributed by atoms with Gasteiger partial charge in [0.05, 0.1) is 6.61 Å². The first-order valence-electron chi connectivity index (χ1n) is 3.49. The van der Waals surface area contributed by atoms with Crippen molar-refractivity contribution < 1.29 is 18.6 Å². The van der Waals surface area contributed by atoms with Crippen LogP contribution in [0.5, 0.6) is 0 Å². The molecule has 11 heavy (non-hydrogen) atoms. The van der Waals surface area contributed by atoms with Gasteiger partial charge >= 0.3 is 13.7 Å². The van der Waals surface area contributed by atoms with Crippen molar-refractivity contribution in [2.45, 2.75) is 20.3 Å². The normalized spacial score (nSPS) is 10.9. The van der Waals surface area contributed by atoms with Crippen LogP contribution in [0.3, 0.4) is 0 Å². The molecular formula is C6H12O4P+. The zero-order chi connectivity index (χ0) is 8.69. The molecule has 4 nitrogen and oxygen atoms in total. The Morgan fingerprint density at radius 1 is 1.45 bits per heavy atom. The molecule has 5 heteroatoms. The lowest BCUT2D eigenvalue weighted by Crippen LogP contribution is -1.98. The molecular weight excluding hydrogens is 167 g/mol. The minimum absolute atomic E-state index is 0.232. The maximum atomic E-state index is 10.7. The molecule has 0 fully saturated rings. The van der Waals surface area contributed by atoms with E-state index in [1.54, 1.807) is 6.92 Å². The van der Waals surface area contributed by atoms with Crippen LogP contribution >= 0.6 is 8.03 Å². The summed E-state index contributed by atoms with van der Waals surface area (Å²) in [6.45, 7) is 4.08. The summed E-state index contributed by atoms with van der Waals surface area (Å²) in [4.78, 5) is 10.6. The first-order chi connectivity index (χ1) is 5.22. The van der Waals surface area contributed by atoms with Crippen LogP contribution in [0, 0.1) is 0 Å². The van der Waals surface area contributed by atoms with Crippen molar-refractivity contribution >= 4 is 13.7 Å². The molecule has 0 aliphatic rings. The fourth-order valence-corrected chi connectivity index (χ4v) is 1.09. The molecule has 0 radical (unpaired) electrons. The van der Waals surface area contributed by atoms with Gasteiger partial charge in [-0.25, -0.2) is 0 Å². The molecule has 0 aliphatic heterocycles. The van der Waals surface area contributed by atoms with Crippen LogP contribution in [-0.2, 0) is 13.8 Å². The summed E-state index contributed by atoms with van der Waals surface area (Å²) in [7, 11) is -2.26. The van der Waals surface area contributed by atoms with Crippen molar-refractivity contribution in [3.05, 3.63) is 0 Å². The number of rotatable bonds is 5. The fourth-order valence-electron chi connectivity index (χ4n) is 0.403. The molecule has 64 valence electrons. The van der Waals surface area contributed by atoms with E-state index in [1.807, 2.05) is 6.92 Å². The van der Waals surface area contributed by atoms with Gasteiger partial charge < -0.3 is 4.74 Å². The lowest BCUT2D eigenvalue weighted by molar-refractivity contribution is 0.173. The molecule has 0 spiro atoms. The Balaban J connectivity index is 3.56. The number of hydrogen-bond donors (Lipinski definition) is 0. The molecule has 0 saturated carbocycles. The number of carbonyl (C=O) groups is 1. The SMILES string of the molecule is CCCO[P+](=O)C(=O)OCC. The van der Waals surface area contributed by atoms with Crippen LogP contribution in [0.15, 0.2) is 0 Å². The topological polar surface area (TPSA) is 52.6 Å². The predicted molar refractivity (Wildman–Crippen MR) is 40.9 cm³/mol. The standard InChI is InChI=1S/C6H12O4P/c1-3-5-10-11(8)6(7)9-4-2/h3-5H2,1-2H3/q+1. The van der Waals surface area contributed by atoms with E-state index in [0.29, 0.717) is 6.61 Å². The van der Waals surface area contributed by atoms with Crippen LogP contribution in [0.25, 0.3) is 0 Å². The third-order valence-electron chi connectivity index (χ3n) is 0.830. The fraction of sp³-hybridized carbons (Fsp3) is 0.833. The van der Waals surface area contributed by atoms with Gasteiger partial charge in [-0.05, 0) is 17.9 Å². The smallest absolute Gasteiger partial charge is 0.426 e. The Kier molecular flexibility index (Phi) is 5.99. The van der Waals surface area contributed by atoms with Gasteiger partial charge in [0, 0.05) is 0 Å². The van der Waals surface area contributed by atoms with Crippen molar-refractivity contribution in [2.75, 3.05) is 13.2 Å². The summed E-state index contributed by atoms with van der Waals surface area (Å²) in [5, 5.41) is 0. The van der Waals surface area contributed by atoms with E-state index in [-0.39, 0.29) is 6.61 Å². The Hall–Kier alpha value is -0.470. The van der Waals surface area contributed by atoms with Crippen molar-refractivity contribution in [1.29, 1.82) is 0 Å². The van der Waals surface area contributed by atoms with Gasteiger partial charge in [-0.3, -0.25) is 0 Å². The van der Waals surface area contributed by atoms with Gasteiger partial charge in [0.2, 0.25) is 0 Å². The average molecular weight is 179 g/mol. The summed E-state index contributed by atoms with van der Waals surface area (Å²) in [6, 6.07) is 0. The van der Waals surface area contributed by atoms with Gasteiger partial charge in [-0.2, -0.15) is 4.79 Å². The quantitative estimate of drug-likeness (QED) is 0.607. The Bertz CT molecular complexity index is 146. The summed E-state index contributed by atoms with van der Waals surface area (Å²) >= 11 is 0. The van der Waals surface area contributed by atoms with Gasteiger partial charge in [-0.1, -0.05) is 6.92 Å². The molecule has 0 saturated heterocycles. The molecule has 0 heterocycles. The van der Waals surface area contributed by atoms with E-state index in [9.17, 15) is 9.36 Å². The molecule has 0 aromatic rings. The zero-order valence-corrected chi connectivity index (χ0v) is 7.60. The van der Waals surface area contributed by atoms with E-state index < -0.39 is 13.7 Å².